The van der Waals surface area contributed by atoms with Crippen LogP contribution in [0.15, 0.2) is 97.1 Å². The van der Waals surface area contributed by atoms with Crippen molar-refractivity contribution in [2.24, 2.45) is 11.8 Å². The minimum absolute atomic E-state index is 0.639. The van der Waals surface area contributed by atoms with Crippen molar-refractivity contribution >= 4 is 10.0 Å². The van der Waals surface area contributed by atoms with Crippen LogP contribution in [0.5, 0.6) is 0 Å². The SMILES string of the molecule is CC1Cc2c(-c3ccccc3)cccc2C1S(C)(C)C1c2cccc(-c3ccccc3)c2CC1C. The smallest absolute Gasteiger partial charge is 0.0172 e. The second-order valence-electron chi connectivity index (χ2n) is 11.2. The number of benzene rings is 4. The molecule has 4 unspecified atom stereocenters. The fourth-order valence-electron chi connectivity index (χ4n) is 7.46. The van der Waals surface area contributed by atoms with Crippen LogP contribution >= 0.6 is 10.0 Å². The minimum atomic E-state index is -0.962. The Morgan fingerprint density at radius 3 is 1.31 bits per heavy atom. The zero-order valence-electron chi connectivity index (χ0n) is 21.4. The molecule has 0 amide bonds. The van der Waals surface area contributed by atoms with Gasteiger partial charge in [0, 0.05) is 10.5 Å². The molecule has 1 heteroatoms. The maximum atomic E-state index is 2.64. The first kappa shape index (κ1) is 22.7. The maximum Gasteiger partial charge on any atom is 0.0172 e. The molecule has 0 nitrogen and oxygen atoms in total. The predicted molar refractivity (Wildman–Crippen MR) is 154 cm³/mol. The van der Waals surface area contributed by atoms with Crippen LogP contribution in [-0.4, -0.2) is 12.5 Å². The minimum Gasteiger partial charge on any atom is -0.233 e. The average molecular weight is 477 g/mol. The van der Waals surface area contributed by atoms with Crippen molar-refractivity contribution in [2.75, 3.05) is 12.5 Å². The Labute approximate surface area is 212 Å². The Hall–Kier alpha value is -2.77. The van der Waals surface area contributed by atoms with E-state index in [9.17, 15) is 0 Å². The van der Waals surface area contributed by atoms with E-state index in [0.29, 0.717) is 22.3 Å². The van der Waals surface area contributed by atoms with Crippen molar-refractivity contribution < 1.29 is 0 Å². The van der Waals surface area contributed by atoms with Crippen molar-refractivity contribution in [3.05, 3.63) is 119 Å². The number of hydrogen-bond acceptors (Lipinski definition) is 0. The van der Waals surface area contributed by atoms with Crippen molar-refractivity contribution in [3.8, 4) is 22.3 Å². The van der Waals surface area contributed by atoms with Crippen LogP contribution in [-0.2, 0) is 12.8 Å². The second kappa shape index (κ2) is 8.71. The third kappa shape index (κ3) is 3.67. The Balaban J connectivity index is 1.44. The standard InChI is InChI=1S/C34H36S/c1-23-21-31-27(25-13-7-5-8-14-25)17-11-19-29(31)33(23)35(3,4)34-24(2)22-32-28(18-12-20-30(32)34)26-15-9-6-10-16-26/h5-20,23-24,33-34H,21-22H2,1-4H3. The fourth-order valence-corrected chi connectivity index (χ4v) is 12.1. The van der Waals surface area contributed by atoms with Gasteiger partial charge in [-0.1, -0.05) is 111 Å². The summed E-state index contributed by atoms with van der Waals surface area (Å²) in [5.41, 5.74) is 12.0. The van der Waals surface area contributed by atoms with Crippen LogP contribution in [0.25, 0.3) is 22.3 Å². The van der Waals surface area contributed by atoms with Crippen LogP contribution in [0.4, 0.5) is 0 Å². The van der Waals surface area contributed by atoms with E-state index >= 15 is 0 Å². The van der Waals surface area contributed by atoms with Crippen LogP contribution in [0, 0.1) is 11.8 Å². The van der Waals surface area contributed by atoms with Crippen molar-refractivity contribution in [1.29, 1.82) is 0 Å². The summed E-state index contributed by atoms with van der Waals surface area (Å²) in [4.78, 5) is 0. The Morgan fingerprint density at radius 1 is 0.514 bits per heavy atom. The van der Waals surface area contributed by atoms with Gasteiger partial charge in [0.15, 0.2) is 0 Å². The molecule has 0 bridgehead atoms. The van der Waals surface area contributed by atoms with Gasteiger partial charge < -0.3 is 0 Å². The summed E-state index contributed by atoms with van der Waals surface area (Å²) in [6.45, 7) is 5.02. The predicted octanol–water partition coefficient (Wildman–Crippen LogP) is 9.25. The van der Waals surface area contributed by atoms with Gasteiger partial charge in [-0.15, -0.1) is 0 Å². The quantitative estimate of drug-likeness (QED) is 0.275. The number of hydrogen-bond donors (Lipinski definition) is 0. The molecule has 4 aromatic rings. The van der Waals surface area contributed by atoms with Gasteiger partial charge in [-0.05, 0) is 81.7 Å². The van der Waals surface area contributed by atoms with Gasteiger partial charge in [-0.2, -0.15) is 0 Å². The molecule has 0 fully saturated rings. The van der Waals surface area contributed by atoms with Gasteiger partial charge in [0.1, 0.15) is 0 Å². The third-order valence-corrected chi connectivity index (χ3v) is 12.7. The highest BCUT2D eigenvalue weighted by Crippen LogP contribution is 2.73. The lowest BCUT2D eigenvalue weighted by molar-refractivity contribution is 0.579. The number of fused-ring (bicyclic) bond motifs is 2. The molecule has 0 heterocycles. The lowest BCUT2D eigenvalue weighted by Gasteiger charge is -2.48. The zero-order valence-corrected chi connectivity index (χ0v) is 22.2. The van der Waals surface area contributed by atoms with Crippen molar-refractivity contribution in [2.45, 2.75) is 37.2 Å². The van der Waals surface area contributed by atoms with E-state index < -0.39 is 10.0 Å². The van der Waals surface area contributed by atoms with E-state index in [0.717, 1.165) is 0 Å². The molecular weight excluding hydrogens is 440 g/mol. The van der Waals surface area contributed by atoms with Gasteiger partial charge in [0.2, 0.25) is 0 Å². The molecule has 4 aromatic carbocycles. The third-order valence-electron chi connectivity index (χ3n) is 8.60. The average Bonchev–Trinajstić information content (AvgIpc) is 3.41. The Bertz CT molecular complexity index is 1250. The molecule has 0 saturated heterocycles. The van der Waals surface area contributed by atoms with E-state index in [1.165, 1.54) is 35.1 Å². The van der Waals surface area contributed by atoms with E-state index in [4.69, 9.17) is 0 Å². The molecule has 0 spiro atoms. The van der Waals surface area contributed by atoms with Gasteiger partial charge in [-0.25, -0.2) is 10.0 Å². The molecular formula is C34H36S. The summed E-state index contributed by atoms with van der Waals surface area (Å²) in [5, 5.41) is 1.28. The van der Waals surface area contributed by atoms with Crippen LogP contribution < -0.4 is 0 Å². The first-order valence-corrected chi connectivity index (χ1v) is 15.6. The molecule has 178 valence electrons. The lowest BCUT2D eigenvalue weighted by atomic mass is 9.97. The van der Waals surface area contributed by atoms with Crippen molar-refractivity contribution in [1.82, 2.24) is 0 Å². The highest BCUT2D eigenvalue weighted by atomic mass is 32.3. The molecule has 0 aliphatic heterocycles. The topological polar surface area (TPSA) is 0 Å². The molecule has 0 aromatic heterocycles. The molecule has 0 radical (unpaired) electrons. The molecule has 4 atom stereocenters. The van der Waals surface area contributed by atoms with Crippen LogP contribution in [0.3, 0.4) is 0 Å². The fraction of sp³-hybridized carbons (Fsp3) is 0.294. The second-order valence-corrected chi connectivity index (χ2v) is 15.2. The molecule has 0 N–H and O–H groups in total. The summed E-state index contributed by atoms with van der Waals surface area (Å²) in [5.74, 6) is 1.35. The van der Waals surface area contributed by atoms with E-state index in [1.54, 1.807) is 22.3 Å². The Kier molecular flexibility index (Phi) is 5.65. The van der Waals surface area contributed by atoms with E-state index in [2.05, 4.69) is 123 Å². The molecule has 35 heavy (non-hydrogen) atoms. The molecule has 2 aliphatic carbocycles. The normalized spacial score (nSPS) is 23.7. The largest absolute Gasteiger partial charge is 0.233 e. The Morgan fingerprint density at radius 2 is 0.914 bits per heavy atom. The molecule has 0 saturated carbocycles. The highest BCUT2D eigenvalue weighted by molar-refractivity contribution is 8.33. The molecule has 2 aliphatic rings. The zero-order chi connectivity index (χ0) is 24.2. The summed E-state index contributed by atoms with van der Waals surface area (Å²) in [7, 11) is -0.962. The van der Waals surface area contributed by atoms with Crippen LogP contribution in [0.2, 0.25) is 0 Å². The summed E-state index contributed by atoms with van der Waals surface area (Å²) in [6, 6.07) is 36.2. The summed E-state index contributed by atoms with van der Waals surface area (Å²) in [6.07, 6.45) is 7.67. The highest BCUT2D eigenvalue weighted by Gasteiger charge is 2.47. The maximum absolute atomic E-state index is 2.64. The van der Waals surface area contributed by atoms with Gasteiger partial charge in [0.25, 0.3) is 0 Å². The van der Waals surface area contributed by atoms with Crippen LogP contribution in [0.1, 0.15) is 46.6 Å². The summed E-state index contributed by atoms with van der Waals surface area (Å²) >= 11 is 0. The van der Waals surface area contributed by atoms with Gasteiger partial charge in [0.05, 0.1) is 0 Å². The van der Waals surface area contributed by atoms with E-state index in [1.807, 2.05) is 0 Å². The summed E-state index contributed by atoms with van der Waals surface area (Å²) < 4.78 is 0. The first-order valence-electron chi connectivity index (χ1n) is 13.0. The lowest BCUT2D eigenvalue weighted by Crippen LogP contribution is -2.21. The monoisotopic (exact) mass is 476 g/mol. The van der Waals surface area contributed by atoms with E-state index in [-0.39, 0.29) is 0 Å². The number of rotatable bonds is 4. The van der Waals surface area contributed by atoms with Gasteiger partial charge >= 0.3 is 0 Å². The van der Waals surface area contributed by atoms with Gasteiger partial charge in [-0.3, -0.25) is 0 Å². The first-order chi connectivity index (χ1) is 17.0. The van der Waals surface area contributed by atoms with Crippen molar-refractivity contribution in [3.63, 3.8) is 0 Å². The molecule has 6 rings (SSSR count).